The summed E-state index contributed by atoms with van der Waals surface area (Å²) >= 11 is 0. The Morgan fingerprint density at radius 1 is 0.471 bits per heavy atom. The molecule has 51 heavy (non-hydrogen) atoms. The van der Waals surface area contributed by atoms with Crippen LogP contribution in [0.2, 0.25) is 0 Å². The molecule has 0 fully saturated rings. The first-order chi connectivity index (χ1) is 25.0. The maximum absolute atomic E-state index is 2.49. The molecule has 4 atom stereocenters. The average molecular weight is 657 g/mol. The molecule has 0 saturated carbocycles. The SMILES string of the molecule is CCC1c2ccc(-c3ccc4c(c3)-c3ccccc3C4C(C)c3ccc(-c4ccccc4)cc3)cc2-c2cccc(-c3ccccc3C)c2C1C. The third kappa shape index (κ3) is 5.20. The highest BCUT2D eigenvalue weighted by Gasteiger charge is 2.35. The van der Waals surface area contributed by atoms with Gasteiger partial charge in [-0.25, -0.2) is 0 Å². The lowest BCUT2D eigenvalue weighted by Gasteiger charge is -2.35. The van der Waals surface area contributed by atoms with Crippen molar-refractivity contribution in [2.24, 2.45) is 0 Å². The summed E-state index contributed by atoms with van der Waals surface area (Å²) in [6, 6.07) is 59.4. The van der Waals surface area contributed by atoms with Gasteiger partial charge in [0.2, 0.25) is 0 Å². The molecule has 2 aliphatic carbocycles. The van der Waals surface area contributed by atoms with Gasteiger partial charge in [-0.3, -0.25) is 0 Å². The molecule has 0 N–H and O–H groups in total. The van der Waals surface area contributed by atoms with Gasteiger partial charge in [0.05, 0.1) is 0 Å². The van der Waals surface area contributed by atoms with Crippen LogP contribution in [0.1, 0.15) is 84.2 Å². The van der Waals surface area contributed by atoms with Crippen molar-refractivity contribution in [1.29, 1.82) is 0 Å². The second kappa shape index (κ2) is 12.7. The first kappa shape index (κ1) is 31.5. The maximum Gasteiger partial charge on any atom is 0.0168 e. The zero-order chi connectivity index (χ0) is 34.6. The summed E-state index contributed by atoms with van der Waals surface area (Å²) in [5.41, 5.74) is 22.0. The quantitative estimate of drug-likeness (QED) is 0.167. The molecule has 0 bridgehead atoms. The molecule has 0 heteroatoms. The van der Waals surface area contributed by atoms with Gasteiger partial charge in [-0.05, 0) is 132 Å². The van der Waals surface area contributed by atoms with Crippen molar-refractivity contribution in [3.8, 4) is 55.6 Å². The lowest BCUT2D eigenvalue weighted by Crippen LogP contribution is -2.16. The summed E-state index contributed by atoms with van der Waals surface area (Å²) in [4.78, 5) is 0. The minimum absolute atomic E-state index is 0.315. The average Bonchev–Trinajstić information content (AvgIpc) is 3.52. The summed E-state index contributed by atoms with van der Waals surface area (Å²) in [6.07, 6.45) is 1.12. The zero-order valence-corrected chi connectivity index (χ0v) is 30.0. The predicted molar refractivity (Wildman–Crippen MR) is 217 cm³/mol. The van der Waals surface area contributed by atoms with Crippen LogP contribution in [0.15, 0.2) is 158 Å². The maximum atomic E-state index is 2.49. The van der Waals surface area contributed by atoms with Crippen LogP contribution < -0.4 is 0 Å². The third-order valence-corrected chi connectivity index (χ3v) is 12.1. The molecule has 0 aliphatic heterocycles. The van der Waals surface area contributed by atoms with Gasteiger partial charge in [0.15, 0.2) is 0 Å². The van der Waals surface area contributed by atoms with E-state index in [1.54, 1.807) is 0 Å². The first-order valence-corrected chi connectivity index (χ1v) is 18.7. The number of rotatable bonds is 6. The molecule has 0 heterocycles. The third-order valence-electron chi connectivity index (χ3n) is 12.1. The molecule has 248 valence electrons. The van der Waals surface area contributed by atoms with Gasteiger partial charge in [0, 0.05) is 5.92 Å². The smallest absolute Gasteiger partial charge is 0.0168 e. The van der Waals surface area contributed by atoms with E-state index in [0.717, 1.165) is 6.42 Å². The van der Waals surface area contributed by atoms with Crippen molar-refractivity contribution in [3.63, 3.8) is 0 Å². The van der Waals surface area contributed by atoms with Crippen molar-refractivity contribution in [2.45, 2.75) is 57.8 Å². The van der Waals surface area contributed by atoms with E-state index in [2.05, 4.69) is 185 Å². The molecule has 0 spiro atoms. The van der Waals surface area contributed by atoms with E-state index in [1.165, 1.54) is 89.0 Å². The van der Waals surface area contributed by atoms with Crippen molar-refractivity contribution in [2.75, 3.05) is 0 Å². The van der Waals surface area contributed by atoms with Crippen LogP contribution in [0, 0.1) is 6.92 Å². The number of aryl methyl sites for hydroxylation is 1. The Balaban J connectivity index is 1.11. The van der Waals surface area contributed by atoms with Gasteiger partial charge in [-0.2, -0.15) is 0 Å². The highest BCUT2D eigenvalue weighted by molar-refractivity contribution is 5.88. The van der Waals surface area contributed by atoms with Gasteiger partial charge in [0.1, 0.15) is 0 Å². The summed E-state index contributed by atoms with van der Waals surface area (Å²) in [6.45, 7) is 9.44. The highest BCUT2D eigenvalue weighted by atomic mass is 14.4. The van der Waals surface area contributed by atoms with E-state index < -0.39 is 0 Å². The van der Waals surface area contributed by atoms with E-state index in [0.29, 0.717) is 23.7 Å². The minimum atomic E-state index is 0.315. The zero-order valence-electron chi connectivity index (χ0n) is 30.0. The van der Waals surface area contributed by atoms with Crippen molar-refractivity contribution >= 4 is 0 Å². The summed E-state index contributed by atoms with van der Waals surface area (Å²) in [7, 11) is 0. The van der Waals surface area contributed by atoms with E-state index in [9.17, 15) is 0 Å². The van der Waals surface area contributed by atoms with Gasteiger partial charge < -0.3 is 0 Å². The molecule has 0 nitrogen and oxygen atoms in total. The Bertz CT molecular complexity index is 2390. The fourth-order valence-electron chi connectivity index (χ4n) is 9.50. The molecule has 7 aromatic carbocycles. The van der Waals surface area contributed by atoms with Crippen LogP contribution in [0.3, 0.4) is 0 Å². The van der Waals surface area contributed by atoms with Crippen molar-refractivity contribution < 1.29 is 0 Å². The topological polar surface area (TPSA) is 0 Å². The van der Waals surface area contributed by atoms with Crippen LogP contribution in [0.4, 0.5) is 0 Å². The van der Waals surface area contributed by atoms with E-state index in [-0.39, 0.29) is 0 Å². The van der Waals surface area contributed by atoms with Crippen molar-refractivity contribution in [3.05, 3.63) is 191 Å². The normalized spacial score (nSPS) is 17.6. The van der Waals surface area contributed by atoms with Gasteiger partial charge in [-0.15, -0.1) is 0 Å². The first-order valence-electron chi connectivity index (χ1n) is 18.7. The molecule has 7 aromatic rings. The van der Waals surface area contributed by atoms with Crippen LogP contribution >= 0.6 is 0 Å². The highest BCUT2D eigenvalue weighted by Crippen LogP contribution is 2.54. The van der Waals surface area contributed by atoms with Gasteiger partial charge in [-0.1, -0.05) is 166 Å². The molecule has 0 aromatic heterocycles. The standard InChI is InChI=1S/C51H44/c1-5-40-34(4)51-44(41-17-10-9-14-32(41)2)20-13-21-46(51)49-31-38(26-28-43(40)49)39-27-29-47-48(30-39)42-18-11-12-19-45(42)50(47)33(3)35-22-24-37(25-23-35)36-15-7-6-8-16-36/h6-31,33-34,40,50H,5H2,1-4H3. The fourth-order valence-corrected chi connectivity index (χ4v) is 9.50. The lowest BCUT2D eigenvalue weighted by molar-refractivity contribution is 0.554. The predicted octanol–water partition coefficient (Wildman–Crippen LogP) is 14.2. The van der Waals surface area contributed by atoms with Gasteiger partial charge >= 0.3 is 0 Å². The summed E-state index contributed by atoms with van der Waals surface area (Å²) in [5.74, 6) is 1.60. The molecular formula is C51H44. The van der Waals surface area contributed by atoms with E-state index in [1.807, 2.05) is 0 Å². The summed E-state index contributed by atoms with van der Waals surface area (Å²) < 4.78 is 0. The van der Waals surface area contributed by atoms with Crippen LogP contribution in [0.25, 0.3) is 55.6 Å². The van der Waals surface area contributed by atoms with Crippen LogP contribution in [-0.4, -0.2) is 0 Å². The second-order valence-electron chi connectivity index (χ2n) is 14.8. The monoisotopic (exact) mass is 656 g/mol. The Labute approximate surface area is 303 Å². The molecule has 4 unspecified atom stereocenters. The van der Waals surface area contributed by atoms with Crippen LogP contribution in [0.5, 0.6) is 0 Å². The number of benzene rings is 7. The van der Waals surface area contributed by atoms with Gasteiger partial charge in [0.25, 0.3) is 0 Å². The molecule has 0 radical (unpaired) electrons. The fraction of sp³-hybridized carbons (Fsp3) is 0.176. The minimum Gasteiger partial charge on any atom is -0.0648 e. The molecule has 2 aliphatic rings. The van der Waals surface area contributed by atoms with E-state index in [4.69, 9.17) is 0 Å². The Morgan fingerprint density at radius 3 is 1.71 bits per heavy atom. The van der Waals surface area contributed by atoms with E-state index >= 15 is 0 Å². The van der Waals surface area contributed by atoms with Crippen molar-refractivity contribution in [1.82, 2.24) is 0 Å². The summed E-state index contributed by atoms with van der Waals surface area (Å²) in [5, 5.41) is 0. The Kier molecular flexibility index (Phi) is 7.85. The lowest BCUT2D eigenvalue weighted by atomic mass is 9.68. The Hall–Kier alpha value is -5.46. The molecule has 0 amide bonds. The number of hydrogen-bond donors (Lipinski definition) is 0. The number of hydrogen-bond acceptors (Lipinski definition) is 0. The number of fused-ring (bicyclic) bond motifs is 6. The molecule has 9 rings (SSSR count). The second-order valence-corrected chi connectivity index (χ2v) is 14.8. The Morgan fingerprint density at radius 2 is 1.00 bits per heavy atom. The largest absolute Gasteiger partial charge is 0.0648 e. The van der Waals surface area contributed by atoms with Crippen LogP contribution in [-0.2, 0) is 0 Å². The molecular weight excluding hydrogens is 613 g/mol. The molecule has 0 saturated heterocycles.